The molecule has 5 heteroatoms. The molecule has 25 heavy (non-hydrogen) atoms. The van der Waals surface area contributed by atoms with Crippen molar-refractivity contribution in [1.82, 2.24) is 10.3 Å². The summed E-state index contributed by atoms with van der Waals surface area (Å²) < 4.78 is 5.34. The van der Waals surface area contributed by atoms with Gasteiger partial charge in [0.1, 0.15) is 11.6 Å². The Morgan fingerprint density at radius 1 is 1.32 bits per heavy atom. The van der Waals surface area contributed by atoms with Crippen LogP contribution in [0.2, 0.25) is 0 Å². The quantitative estimate of drug-likeness (QED) is 0.928. The van der Waals surface area contributed by atoms with Gasteiger partial charge >= 0.3 is 0 Å². The number of rotatable bonds is 4. The number of ether oxygens (including phenoxy) is 1. The third-order valence-electron chi connectivity index (χ3n) is 5.14. The zero-order valence-electron chi connectivity index (χ0n) is 15.7. The molecule has 3 rings (SSSR count). The van der Waals surface area contributed by atoms with Crippen molar-refractivity contribution < 1.29 is 9.53 Å². The van der Waals surface area contributed by atoms with Gasteiger partial charge in [-0.3, -0.25) is 4.79 Å². The van der Waals surface area contributed by atoms with Crippen LogP contribution in [0.3, 0.4) is 0 Å². The number of carbonyl (C=O) groups is 1. The number of fused-ring (bicyclic) bond motifs is 1. The first kappa shape index (κ1) is 17.5. The van der Waals surface area contributed by atoms with E-state index in [1.54, 1.807) is 14.0 Å². The van der Waals surface area contributed by atoms with Gasteiger partial charge in [0.05, 0.1) is 18.7 Å². The molecule has 1 fully saturated rings. The summed E-state index contributed by atoms with van der Waals surface area (Å²) in [4.78, 5) is 18.7. The number of hydrogen-bond donors (Lipinski definition) is 1. The molecule has 2 unspecified atom stereocenters. The molecule has 1 saturated heterocycles. The van der Waals surface area contributed by atoms with E-state index in [2.05, 4.69) is 43.1 Å². The van der Waals surface area contributed by atoms with Crippen molar-refractivity contribution in [3.8, 4) is 5.75 Å². The maximum absolute atomic E-state index is 11.6. The van der Waals surface area contributed by atoms with E-state index in [4.69, 9.17) is 9.72 Å². The summed E-state index contributed by atoms with van der Waals surface area (Å²) in [5.41, 5.74) is 2.14. The van der Waals surface area contributed by atoms with Gasteiger partial charge in [0, 0.05) is 37.4 Å². The molecule has 1 aliphatic heterocycles. The molecule has 134 valence electrons. The predicted molar refractivity (Wildman–Crippen MR) is 101 cm³/mol. The Morgan fingerprint density at radius 2 is 2.08 bits per heavy atom. The van der Waals surface area contributed by atoms with Crippen molar-refractivity contribution in [3.05, 3.63) is 29.8 Å². The van der Waals surface area contributed by atoms with Crippen LogP contribution in [0.1, 0.15) is 26.3 Å². The Labute approximate surface area is 149 Å². The second-order valence-corrected chi connectivity index (χ2v) is 7.30. The number of methoxy groups -OCH3 is 1. The van der Waals surface area contributed by atoms with Gasteiger partial charge in [0.2, 0.25) is 5.91 Å². The minimum Gasteiger partial charge on any atom is -0.497 e. The van der Waals surface area contributed by atoms with Crippen LogP contribution in [0.4, 0.5) is 5.82 Å². The SMILES string of the molecule is COc1ccc2c(C)cc(N3CC(NC(C)=O)C(C(C)C)C3)nc2c1. The van der Waals surface area contributed by atoms with Crippen LogP contribution in [-0.2, 0) is 4.79 Å². The maximum atomic E-state index is 11.6. The minimum atomic E-state index is 0.0323. The minimum absolute atomic E-state index is 0.0323. The molecule has 1 N–H and O–H groups in total. The van der Waals surface area contributed by atoms with Crippen LogP contribution in [0.5, 0.6) is 5.75 Å². The zero-order valence-corrected chi connectivity index (χ0v) is 15.7. The van der Waals surface area contributed by atoms with Crippen molar-refractivity contribution >= 4 is 22.6 Å². The lowest BCUT2D eigenvalue weighted by atomic mass is 9.91. The van der Waals surface area contributed by atoms with E-state index < -0.39 is 0 Å². The molecular formula is C20H27N3O2. The number of anilines is 1. The first-order valence-electron chi connectivity index (χ1n) is 8.86. The summed E-state index contributed by atoms with van der Waals surface area (Å²) in [6, 6.07) is 8.31. The summed E-state index contributed by atoms with van der Waals surface area (Å²) in [5, 5.41) is 4.26. The fraction of sp³-hybridized carbons (Fsp3) is 0.500. The molecule has 0 radical (unpaired) electrons. The van der Waals surface area contributed by atoms with Crippen LogP contribution in [0.25, 0.3) is 10.9 Å². The molecule has 2 heterocycles. The lowest BCUT2D eigenvalue weighted by Gasteiger charge is -2.21. The Balaban J connectivity index is 1.94. The van der Waals surface area contributed by atoms with Crippen LogP contribution < -0.4 is 15.0 Å². The summed E-state index contributed by atoms with van der Waals surface area (Å²) >= 11 is 0. The largest absolute Gasteiger partial charge is 0.497 e. The summed E-state index contributed by atoms with van der Waals surface area (Å²) in [6.45, 7) is 9.83. The van der Waals surface area contributed by atoms with Gasteiger partial charge in [-0.25, -0.2) is 4.98 Å². The standard InChI is InChI=1S/C20H27N3O2/c1-12(2)17-10-23(11-19(17)21-14(4)24)20-8-13(3)16-7-6-15(25-5)9-18(16)22-20/h6-9,12,17,19H,10-11H2,1-5H3,(H,21,24). The maximum Gasteiger partial charge on any atom is 0.217 e. The number of nitrogens with zero attached hydrogens (tertiary/aromatic N) is 2. The molecular weight excluding hydrogens is 314 g/mol. The Morgan fingerprint density at radius 3 is 2.72 bits per heavy atom. The fourth-order valence-corrected chi connectivity index (χ4v) is 3.76. The van der Waals surface area contributed by atoms with E-state index in [1.807, 2.05) is 12.1 Å². The van der Waals surface area contributed by atoms with E-state index in [-0.39, 0.29) is 11.9 Å². The van der Waals surface area contributed by atoms with E-state index in [9.17, 15) is 4.79 Å². The van der Waals surface area contributed by atoms with Gasteiger partial charge in [-0.2, -0.15) is 0 Å². The Bertz CT molecular complexity index is 788. The van der Waals surface area contributed by atoms with Crippen molar-refractivity contribution in [1.29, 1.82) is 0 Å². The number of aromatic nitrogens is 1. The molecule has 0 bridgehead atoms. The monoisotopic (exact) mass is 341 g/mol. The van der Waals surface area contributed by atoms with Gasteiger partial charge in [0.15, 0.2) is 0 Å². The highest BCUT2D eigenvalue weighted by molar-refractivity contribution is 5.85. The van der Waals surface area contributed by atoms with E-state index in [1.165, 1.54) is 5.56 Å². The molecule has 0 saturated carbocycles. The number of nitrogens with one attached hydrogen (secondary N) is 1. The summed E-state index contributed by atoms with van der Waals surface area (Å²) in [6.07, 6.45) is 0. The zero-order chi connectivity index (χ0) is 18.1. The van der Waals surface area contributed by atoms with Crippen molar-refractivity contribution in [2.45, 2.75) is 33.7 Å². The number of benzene rings is 1. The number of hydrogen-bond acceptors (Lipinski definition) is 4. The van der Waals surface area contributed by atoms with Gasteiger partial charge in [0.25, 0.3) is 0 Å². The number of pyridine rings is 1. The van der Waals surface area contributed by atoms with Gasteiger partial charge in [-0.1, -0.05) is 13.8 Å². The highest BCUT2D eigenvalue weighted by Crippen LogP contribution is 2.31. The first-order valence-corrected chi connectivity index (χ1v) is 8.86. The average Bonchev–Trinajstić information content (AvgIpc) is 2.97. The average molecular weight is 341 g/mol. The lowest BCUT2D eigenvalue weighted by molar-refractivity contribution is -0.119. The predicted octanol–water partition coefficient (Wildman–Crippen LogP) is 3.15. The second kappa shape index (κ2) is 6.90. The molecule has 1 aromatic carbocycles. The molecule has 5 nitrogen and oxygen atoms in total. The van der Waals surface area contributed by atoms with E-state index in [0.29, 0.717) is 11.8 Å². The van der Waals surface area contributed by atoms with E-state index in [0.717, 1.165) is 35.6 Å². The van der Waals surface area contributed by atoms with Crippen molar-refractivity contribution in [3.63, 3.8) is 0 Å². The third-order valence-corrected chi connectivity index (χ3v) is 5.14. The smallest absolute Gasteiger partial charge is 0.217 e. The molecule has 2 atom stereocenters. The van der Waals surface area contributed by atoms with E-state index >= 15 is 0 Å². The highest BCUT2D eigenvalue weighted by atomic mass is 16.5. The van der Waals surface area contributed by atoms with Gasteiger partial charge in [-0.15, -0.1) is 0 Å². The van der Waals surface area contributed by atoms with Crippen molar-refractivity contribution in [2.75, 3.05) is 25.1 Å². The van der Waals surface area contributed by atoms with Crippen molar-refractivity contribution in [2.24, 2.45) is 11.8 Å². The molecule has 1 amide bonds. The molecule has 2 aromatic rings. The molecule has 1 aliphatic rings. The number of aryl methyl sites for hydroxylation is 1. The lowest BCUT2D eigenvalue weighted by Crippen LogP contribution is -2.40. The normalized spacial score (nSPS) is 20.3. The Hall–Kier alpha value is -2.30. The molecule has 1 aromatic heterocycles. The first-order chi connectivity index (χ1) is 11.9. The summed E-state index contributed by atoms with van der Waals surface area (Å²) in [5.74, 6) is 2.74. The fourth-order valence-electron chi connectivity index (χ4n) is 3.76. The second-order valence-electron chi connectivity index (χ2n) is 7.30. The number of amides is 1. The van der Waals surface area contributed by atoms with Gasteiger partial charge < -0.3 is 15.0 Å². The Kier molecular flexibility index (Phi) is 4.84. The highest BCUT2D eigenvalue weighted by Gasteiger charge is 2.35. The van der Waals surface area contributed by atoms with Crippen LogP contribution >= 0.6 is 0 Å². The molecule has 0 aliphatic carbocycles. The third kappa shape index (κ3) is 3.55. The topological polar surface area (TPSA) is 54.5 Å². The van der Waals surface area contributed by atoms with Crippen LogP contribution in [0.15, 0.2) is 24.3 Å². The van der Waals surface area contributed by atoms with Crippen LogP contribution in [0, 0.1) is 18.8 Å². The summed E-state index contributed by atoms with van der Waals surface area (Å²) in [7, 11) is 1.67. The van der Waals surface area contributed by atoms with Crippen LogP contribution in [-0.4, -0.2) is 37.1 Å². The number of carbonyl (C=O) groups excluding carboxylic acids is 1. The molecule has 0 spiro atoms. The van der Waals surface area contributed by atoms with Gasteiger partial charge in [-0.05, 0) is 36.6 Å².